The number of rotatable bonds is 9. The summed E-state index contributed by atoms with van der Waals surface area (Å²) < 4.78 is 22.5. The lowest BCUT2D eigenvalue weighted by Crippen LogP contribution is -2.45. The second-order valence-corrected chi connectivity index (χ2v) is 14.0. The molecule has 2 heterocycles. The van der Waals surface area contributed by atoms with Gasteiger partial charge >= 0.3 is 0 Å². The number of aliphatic hydroxyl groups excluding tert-OH is 1. The van der Waals surface area contributed by atoms with Gasteiger partial charge in [0.15, 0.2) is 5.60 Å². The minimum atomic E-state index is -3.37. The number of halogens is 1. The van der Waals surface area contributed by atoms with E-state index >= 15 is 4.11 Å². The summed E-state index contributed by atoms with van der Waals surface area (Å²) in [6.45, 7) is 9.55. The van der Waals surface area contributed by atoms with E-state index in [-0.39, 0.29) is 31.4 Å². The van der Waals surface area contributed by atoms with Crippen LogP contribution < -0.4 is 4.90 Å². The van der Waals surface area contributed by atoms with E-state index in [1.54, 1.807) is 29.0 Å². The number of carbonyl (C=O) groups is 2. The van der Waals surface area contributed by atoms with Gasteiger partial charge in [-0.2, -0.15) is 0 Å². The molecule has 1 fully saturated rings. The van der Waals surface area contributed by atoms with Gasteiger partial charge in [0.2, 0.25) is 14.3 Å². The molecule has 36 heavy (non-hydrogen) atoms. The predicted molar refractivity (Wildman–Crippen MR) is 141 cm³/mol. The van der Waals surface area contributed by atoms with Crippen molar-refractivity contribution in [2.75, 3.05) is 24.6 Å². The molecule has 2 aromatic rings. The fourth-order valence-corrected chi connectivity index (χ4v) is 8.52. The highest BCUT2D eigenvalue weighted by Gasteiger charge is 2.66. The van der Waals surface area contributed by atoms with Crippen LogP contribution in [0.3, 0.4) is 0 Å². The number of benzene rings is 2. The molecule has 1 saturated heterocycles. The topological polar surface area (TPSA) is 70.1 Å². The molecular weight excluding hydrogens is 475 g/mol. The fourth-order valence-electron chi connectivity index (χ4n) is 6.03. The number of hydrogen-bond donors (Lipinski definition) is 1. The SMILES string of the molecule is C=CCN1C(=O)[C@@]2(O[C@@H](CC(=O)N(CCO)Cc3ccccc3)[C@H]([Si](C)(C)F)[C@H]2C)c2ccccc21. The van der Waals surface area contributed by atoms with E-state index < -0.39 is 31.6 Å². The fraction of sp³-hybridized carbons (Fsp3) is 0.429. The van der Waals surface area contributed by atoms with Crippen LogP contribution >= 0.6 is 0 Å². The molecule has 1 spiro atoms. The quantitative estimate of drug-likeness (QED) is 0.308. The highest BCUT2D eigenvalue weighted by atomic mass is 28.4. The molecule has 0 saturated carbocycles. The van der Waals surface area contributed by atoms with Gasteiger partial charge in [0, 0.05) is 36.7 Å². The third-order valence-electron chi connectivity index (χ3n) is 7.49. The first-order chi connectivity index (χ1) is 17.1. The maximum Gasteiger partial charge on any atom is 0.264 e. The molecule has 0 aromatic heterocycles. The zero-order chi connectivity index (χ0) is 26.1. The van der Waals surface area contributed by atoms with Crippen molar-refractivity contribution >= 4 is 25.9 Å². The Morgan fingerprint density at radius 3 is 2.53 bits per heavy atom. The van der Waals surface area contributed by atoms with E-state index in [4.69, 9.17) is 4.74 Å². The smallest absolute Gasteiger partial charge is 0.264 e. The van der Waals surface area contributed by atoms with Crippen molar-refractivity contribution in [3.63, 3.8) is 0 Å². The van der Waals surface area contributed by atoms with Crippen molar-refractivity contribution in [3.8, 4) is 0 Å². The van der Waals surface area contributed by atoms with Crippen LogP contribution in [-0.4, -0.2) is 56.0 Å². The summed E-state index contributed by atoms with van der Waals surface area (Å²) in [5.41, 5.74) is 0.499. The second kappa shape index (κ2) is 10.3. The minimum Gasteiger partial charge on any atom is -0.395 e. The summed E-state index contributed by atoms with van der Waals surface area (Å²) in [4.78, 5) is 30.6. The lowest BCUT2D eigenvalue weighted by Gasteiger charge is -2.31. The standard InChI is InChI=1S/C28H35FN2O4Si/c1-5-15-31-23-14-10-9-13-22(23)28(27(31)34)20(2)26(36(3,4)29)24(35-28)18-25(33)30(16-17-32)19-21-11-7-6-8-12-21/h5-14,20,24,26,32H,1,15-19H2,2-4H3/t20-,24+,26-,28+/m1/s1. The second-order valence-electron chi connectivity index (χ2n) is 10.2. The molecule has 2 aliphatic rings. The number of hydrogen-bond acceptors (Lipinski definition) is 4. The number of para-hydroxylation sites is 1. The summed E-state index contributed by atoms with van der Waals surface area (Å²) in [5.74, 6) is -0.913. The average Bonchev–Trinajstić information content (AvgIpc) is 3.26. The maximum atomic E-state index is 15.9. The average molecular weight is 511 g/mol. The van der Waals surface area contributed by atoms with Gasteiger partial charge in [-0.25, -0.2) is 0 Å². The molecule has 2 amide bonds. The summed E-state index contributed by atoms with van der Waals surface area (Å²) in [5, 5.41) is 9.60. The van der Waals surface area contributed by atoms with Crippen molar-refractivity contribution in [2.24, 2.45) is 5.92 Å². The van der Waals surface area contributed by atoms with Crippen LogP contribution in [0.1, 0.15) is 24.5 Å². The molecule has 192 valence electrons. The molecule has 0 unspecified atom stereocenters. The lowest BCUT2D eigenvalue weighted by molar-refractivity contribution is -0.149. The number of nitrogens with zero attached hydrogens (tertiary/aromatic N) is 2. The third-order valence-corrected chi connectivity index (χ3v) is 9.95. The van der Waals surface area contributed by atoms with E-state index in [0.717, 1.165) is 16.8 Å². The first-order valence-electron chi connectivity index (χ1n) is 12.5. The molecule has 0 aliphatic carbocycles. The van der Waals surface area contributed by atoms with Gasteiger partial charge in [0.05, 0.1) is 24.8 Å². The molecule has 0 radical (unpaired) electrons. The Bertz CT molecular complexity index is 1120. The molecule has 4 atom stereocenters. The predicted octanol–water partition coefficient (Wildman–Crippen LogP) is 4.41. The van der Waals surface area contributed by atoms with E-state index in [1.807, 2.05) is 61.5 Å². The van der Waals surface area contributed by atoms with E-state index in [9.17, 15) is 14.7 Å². The molecule has 2 aromatic carbocycles. The van der Waals surface area contributed by atoms with Crippen LogP contribution in [0.2, 0.25) is 18.6 Å². The van der Waals surface area contributed by atoms with Gasteiger partial charge in [-0.15, -0.1) is 6.58 Å². The highest BCUT2D eigenvalue weighted by molar-refractivity contribution is 6.72. The third kappa shape index (κ3) is 4.53. The summed E-state index contributed by atoms with van der Waals surface area (Å²) in [6.07, 6.45) is 0.855. The van der Waals surface area contributed by atoms with Gasteiger partial charge < -0.3 is 23.8 Å². The van der Waals surface area contributed by atoms with Crippen LogP contribution in [-0.2, 0) is 26.5 Å². The molecule has 1 N–H and O–H groups in total. The van der Waals surface area contributed by atoms with Crippen LogP contribution in [0.4, 0.5) is 9.80 Å². The number of fused-ring (bicyclic) bond motifs is 2. The Labute approximate surface area is 213 Å². The number of ether oxygens (including phenoxy) is 1. The van der Waals surface area contributed by atoms with Gasteiger partial charge in [0.25, 0.3) is 5.91 Å². The van der Waals surface area contributed by atoms with Crippen molar-refractivity contribution in [2.45, 2.75) is 50.2 Å². The van der Waals surface area contributed by atoms with Gasteiger partial charge in [-0.3, -0.25) is 9.59 Å². The van der Waals surface area contributed by atoms with Crippen LogP contribution in [0.25, 0.3) is 0 Å². The van der Waals surface area contributed by atoms with E-state index in [1.165, 1.54) is 0 Å². The number of carbonyl (C=O) groups excluding carboxylic acids is 2. The molecular formula is C28H35FN2O4Si. The Balaban J connectivity index is 1.68. The Morgan fingerprint density at radius 1 is 1.22 bits per heavy atom. The molecule has 6 nitrogen and oxygen atoms in total. The van der Waals surface area contributed by atoms with Crippen molar-refractivity contribution in [1.29, 1.82) is 0 Å². The summed E-state index contributed by atoms with van der Waals surface area (Å²) in [6, 6.07) is 17.0. The van der Waals surface area contributed by atoms with Gasteiger partial charge in [0.1, 0.15) is 0 Å². The van der Waals surface area contributed by atoms with Crippen molar-refractivity contribution in [1.82, 2.24) is 4.90 Å². The minimum absolute atomic E-state index is 0.0547. The van der Waals surface area contributed by atoms with E-state index in [0.29, 0.717) is 13.1 Å². The number of amides is 2. The van der Waals surface area contributed by atoms with Gasteiger partial charge in [-0.1, -0.05) is 61.5 Å². The van der Waals surface area contributed by atoms with Crippen LogP contribution in [0.5, 0.6) is 0 Å². The monoisotopic (exact) mass is 510 g/mol. The number of aliphatic hydroxyl groups is 1. The van der Waals surface area contributed by atoms with Crippen molar-refractivity contribution < 1.29 is 23.5 Å². The Kier molecular flexibility index (Phi) is 7.50. The van der Waals surface area contributed by atoms with Crippen LogP contribution in [0, 0.1) is 5.92 Å². The largest absolute Gasteiger partial charge is 0.395 e. The van der Waals surface area contributed by atoms with E-state index in [2.05, 4.69) is 6.58 Å². The highest BCUT2D eigenvalue weighted by Crippen LogP contribution is 2.60. The van der Waals surface area contributed by atoms with Crippen LogP contribution in [0.15, 0.2) is 67.3 Å². The number of anilines is 1. The normalized spacial score (nSPS) is 25.3. The zero-order valence-electron chi connectivity index (χ0n) is 21.2. The molecule has 0 bridgehead atoms. The summed E-state index contributed by atoms with van der Waals surface area (Å²) >= 11 is 0. The zero-order valence-corrected chi connectivity index (χ0v) is 22.2. The maximum absolute atomic E-state index is 15.9. The molecule has 4 rings (SSSR count). The molecule has 2 aliphatic heterocycles. The summed E-state index contributed by atoms with van der Waals surface area (Å²) in [7, 11) is -3.37. The Hall–Kier alpha value is -2.81. The Morgan fingerprint density at radius 2 is 1.89 bits per heavy atom. The van der Waals surface area contributed by atoms with Crippen molar-refractivity contribution in [3.05, 3.63) is 78.4 Å². The van der Waals surface area contributed by atoms with Gasteiger partial charge in [-0.05, 0) is 24.7 Å². The first-order valence-corrected chi connectivity index (χ1v) is 15.4. The molecule has 8 heteroatoms. The lowest BCUT2D eigenvalue weighted by atomic mass is 9.82. The first kappa shape index (κ1) is 26.3.